The minimum atomic E-state index is -0.633. The summed E-state index contributed by atoms with van der Waals surface area (Å²) in [5.74, 6) is -0.769. The van der Waals surface area contributed by atoms with Gasteiger partial charge < -0.3 is 14.8 Å². The van der Waals surface area contributed by atoms with E-state index in [2.05, 4.69) is 5.32 Å². The number of hydrogen-bond donors (Lipinski definition) is 1. The van der Waals surface area contributed by atoms with Crippen molar-refractivity contribution >= 4 is 29.5 Å². The van der Waals surface area contributed by atoms with Crippen LogP contribution in [0.3, 0.4) is 0 Å². The zero-order valence-corrected chi connectivity index (χ0v) is 13.7. The van der Waals surface area contributed by atoms with Crippen LogP contribution in [-0.4, -0.2) is 50.4 Å². The van der Waals surface area contributed by atoms with Crippen LogP contribution in [0.4, 0.5) is 25.4 Å². The van der Waals surface area contributed by atoms with Crippen LogP contribution in [-0.2, 0) is 14.3 Å². The third kappa shape index (κ3) is 3.49. The van der Waals surface area contributed by atoms with Crippen LogP contribution in [0.5, 0.6) is 0 Å². The lowest BCUT2D eigenvalue weighted by Crippen LogP contribution is -2.34. The van der Waals surface area contributed by atoms with E-state index in [1.807, 2.05) is 0 Å². The lowest BCUT2D eigenvalue weighted by Gasteiger charge is -2.17. The molecule has 2 fully saturated rings. The number of carbonyl (C=O) groups excluding carboxylic acids is 3. The summed E-state index contributed by atoms with van der Waals surface area (Å²) in [7, 11) is 0. The summed E-state index contributed by atoms with van der Waals surface area (Å²) in [4.78, 5) is 37.3. The Morgan fingerprint density at radius 1 is 1.32 bits per heavy atom. The number of benzene rings is 1. The Balaban J connectivity index is 1.69. The predicted octanol–water partition coefficient (Wildman–Crippen LogP) is 1.63. The Hall–Kier alpha value is -2.84. The van der Waals surface area contributed by atoms with E-state index in [1.165, 1.54) is 28.0 Å². The van der Waals surface area contributed by atoms with Crippen LogP contribution in [0.15, 0.2) is 18.2 Å². The molecule has 1 atom stereocenters. The van der Waals surface area contributed by atoms with Gasteiger partial charge in [0.25, 0.3) is 0 Å². The Morgan fingerprint density at radius 2 is 2.12 bits per heavy atom. The number of anilines is 2. The minimum Gasteiger partial charge on any atom is -0.447 e. The Kier molecular flexibility index (Phi) is 4.73. The highest BCUT2D eigenvalue weighted by Crippen LogP contribution is 2.29. The van der Waals surface area contributed by atoms with Gasteiger partial charge in [-0.3, -0.25) is 14.6 Å². The number of amides is 3. The van der Waals surface area contributed by atoms with Crippen molar-refractivity contribution in [2.75, 3.05) is 36.0 Å². The van der Waals surface area contributed by atoms with Crippen LogP contribution in [0.1, 0.15) is 13.3 Å². The van der Waals surface area contributed by atoms with Crippen molar-refractivity contribution in [3.8, 4) is 0 Å². The van der Waals surface area contributed by atoms with Gasteiger partial charge in [0.1, 0.15) is 18.5 Å². The number of nitrogens with zero attached hydrogens (tertiary/aromatic N) is 2. The van der Waals surface area contributed by atoms with Crippen LogP contribution < -0.4 is 15.1 Å². The molecule has 0 saturated carbocycles. The smallest absolute Gasteiger partial charge is 0.414 e. The molecule has 8 nitrogen and oxygen atoms in total. The summed E-state index contributed by atoms with van der Waals surface area (Å²) in [6.07, 6.45) is -1.36. The highest BCUT2D eigenvalue weighted by atomic mass is 19.1. The van der Waals surface area contributed by atoms with E-state index in [9.17, 15) is 18.8 Å². The second-order valence-corrected chi connectivity index (χ2v) is 5.68. The maximum Gasteiger partial charge on any atom is 0.414 e. The fourth-order valence-electron chi connectivity index (χ4n) is 2.69. The molecular weight excluding hydrogens is 333 g/mol. The van der Waals surface area contributed by atoms with Crippen LogP contribution in [0.2, 0.25) is 0 Å². The molecule has 1 unspecified atom stereocenters. The molecule has 25 heavy (non-hydrogen) atoms. The fourth-order valence-corrected chi connectivity index (χ4v) is 2.69. The molecule has 134 valence electrons. The Bertz CT molecular complexity index is 711. The second kappa shape index (κ2) is 6.96. The number of ether oxygens (including phenoxy) is 2. The summed E-state index contributed by atoms with van der Waals surface area (Å²) in [6.45, 7) is 2.62. The van der Waals surface area contributed by atoms with Gasteiger partial charge >= 0.3 is 12.2 Å². The molecule has 1 aromatic carbocycles. The predicted molar refractivity (Wildman–Crippen MR) is 86.0 cm³/mol. The number of nitrogens with one attached hydrogen (secondary N) is 1. The third-order valence-corrected chi connectivity index (χ3v) is 4.02. The molecule has 0 radical (unpaired) electrons. The number of carbonyl (C=O) groups is 3. The van der Waals surface area contributed by atoms with Crippen molar-refractivity contribution in [1.29, 1.82) is 0 Å². The van der Waals surface area contributed by atoms with Gasteiger partial charge in [-0.25, -0.2) is 14.0 Å². The maximum atomic E-state index is 14.4. The number of rotatable bonds is 5. The molecule has 2 aliphatic rings. The Morgan fingerprint density at radius 3 is 2.76 bits per heavy atom. The Labute approximate surface area is 143 Å². The van der Waals surface area contributed by atoms with E-state index in [0.717, 1.165) is 0 Å². The van der Waals surface area contributed by atoms with Crippen molar-refractivity contribution in [2.24, 2.45) is 0 Å². The van der Waals surface area contributed by atoms with Gasteiger partial charge in [-0.15, -0.1) is 0 Å². The number of cyclic esters (lactones) is 2. The van der Waals surface area contributed by atoms with Gasteiger partial charge in [0.2, 0.25) is 5.91 Å². The SMILES string of the molecule is CCC(=O)NCC1CN(c2ccc(N3CCOC3=O)c(F)c2)C(=O)O1. The molecular formula is C16H18FN3O5. The number of halogens is 1. The van der Waals surface area contributed by atoms with Crippen molar-refractivity contribution < 1.29 is 28.2 Å². The van der Waals surface area contributed by atoms with Crippen LogP contribution in [0, 0.1) is 5.82 Å². The highest BCUT2D eigenvalue weighted by Gasteiger charge is 2.33. The quantitative estimate of drug-likeness (QED) is 0.871. The largest absolute Gasteiger partial charge is 0.447 e. The van der Waals surface area contributed by atoms with Crippen molar-refractivity contribution in [3.05, 3.63) is 24.0 Å². The van der Waals surface area contributed by atoms with Gasteiger partial charge in [-0.05, 0) is 18.2 Å². The first kappa shape index (κ1) is 17.0. The standard InChI is InChI=1S/C16H18FN3O5/c1-2-14(21)18-8-11-9-20(16(23)25-11)10-3-4-13(12(17)7-10)19-5-6-24-15(19)22/h3-4,7,11H,2,5-6,8-9H2,1H3,(H,18,21). The average molecular weight is 351 g/mol. The lowest BCUT2D eigenvalue weighted by molar-refractivity contribution is -0.121. The molecule has 3 rings (SSSR count). The van der Waals surface area contributed by atoms with E-state index in [1.54, 1.807) is 6.92 Å². The molecule has 2 aliphatic heterocycles. The molecule has 0 aliphatic carbocycles. The first-order chi connectivity index (χ1) is 12.0. The van der Waals surface area contributed by atoms with Crippen molar-refractivity contribution in [1.82, 2.24) is 5.32 Å². The molecule has 1 aromatic rings. The van der Waals surface area contributed by atoms with Gasteiger partial charge in [0.05, 0.1) is 31.0 Å². The van der Waals surface area contributed by atoms with Crippen LogP contribution in [0.25, 0.3) is 0 Å². The van der Waals surface area contributed by atoms with Crippen LogP contribution >= 0.6 is 0 Å². The van der Waals surface area contributed by atoms with Gasteiger partial charge in [0.15, 0.2) is 0 Å². The highest BCUT2D eigenvalue weighted by molar-refractivity contribution is 5.92. The molecule has 9 heteroatoms. The zero-order valence-electron chi connectivity index (χ0n) is 13.7. The molecule has 0 aromatic heterocycles. The second-order valence-electron chi connectivity index (χ2n) is 5.68. The molecule has 0 bridgehead atoms. The van der Waals surface area contributed by atoms with E-state index in [4.69, 9.17) is 9.47 Å². The summed E-state index contributed by atoms with van der Waals surface area (Å²) < 4.78 is 24.3. The molecule has 2 saturated heterocycles. The van der Waals surface area contributed by atoms with Gasteiger partial charge in [-0.1, -0.05) is 6.92 Å². The van der Waals surface area contributed by atoms with Gasteiger partial charge in [-0.2, -0.15) is 0 Å². The minimum absolute atomic E-state index is 0.102. The third-order valence-electron chi connectivity index (χ3n) is 4.02. The lowest BCUT2D eigenvalue weighted by atomic mass is 10.2. The van der Waals surface area contributed by atoms with Crippen molar-refractivity contribution in [3.63, 3.8) is 0 Å². The molecule has 1 N–H and O–H groups in total. The first-order valence-electron chi connectivity index (χ1n) is 7.98. The van der Waals surface area contributed by atoms with E-state index >= 15 is 0 Å². The zero-order chi connectivity index (χ0) is 18.0. The average Bonchev–Trinajstić information content (AvgIpc) is 3.18. The summed E-state index contributed by atoms with van der Waals surface area (Å²) in [6, 6.07) is 4.14. The monoisotopic (exact) mass is 351 g/mol. The molecule has 0 spiro atoms. The van der Waals surface area contributed by atoms with E-state index in [-0.39, 0.29) is 37.8 Å². The van der Waals surface area contributed by atoms with Gasteiger partial charge in [0, 0.05) is 6.42 Å². The first-order valence-corrected chi connectivity index (χ1v) is 7.98. The summed E-state index contributed by atoms with van der Waals surface area (Å²) in [5.41, 5.74) is 0.425. The fraction of sp³-hybridized carbons (Fsp3) is 0.438. The van der Waals surface area contributed by atoms with Crippen molar-refractivity contribution in [2.45, 2.75) is 19.4 Å². The van der Waals surface area contributed by atoms with E-state index in [0.29, 0.717) is 12.1 Å². The van der Waals surface area contributed by atoms with E-state index < -0.39 is 24.1 Å². The number of hydrogen-bond acceptors (Lipinski definition) is 5. The normalized spacial score (nSPS) is 19.8. The molecule has 3 amide bonds. The summed E-state index contributed by atoms with van der Waals surface area (Å²) >= 11 is 0. The topological polar surface area (TPSA) is 88.2 Å². The molecule has 2 heterocycles. The summed E-state index contributed by atoms with van der Waals surface area (Å²) in [5, 5.41) is 2.65. The maximum absolute atomic E-state index is 14.4.